The maximum absolute atomic E-state index is 13.0. The van der Waals surface area contributed by atoms with Crippen LogP contribution in [0.25, 0.3) is 0 Å². The Morgan fingerprint density at radius 2 is 1.93 bits per heavy atom. The van der Waals surface area contributed by atoms with Gasteiger partial charge in [-0.25, -0.2) is 4.39 Å². The van der Waals surface area contributed by atoms with Gasteiger partial charge in [-0.05, 0) is 56.7 Å². The lowest BCUT2D eigenvalue weighted by atomic mass is 10.2. The molecule has 29 heavy (non-hydrogen) atoms. The van der Waals surface area contributed by atoms with E-state index in [0.29, 0.717) is 17.5 Å². The minimum absolute atomic E-state index is 0.0397. The fourth-order valence-electron chi connectivity index (χ4n) is 2.76. The number of carbonyl (C=O) groups is 1. The predicted molar refractivity (Wildman–Crippen MR) is 110 cm³/mol. The van der Waals surface area contributed by atoms with Crippen molar-refractivity contribution in [3.63, 3.8) is 0 Å². The van der Waals surface area contributed by atoms with Crippen LogP contribution in [0.4, 0.5) is 10.1 Å². The minimum atomic E-state index is -0.503. The Hall–Kier alpha value is -2.87. The van der Waals surface area contributed by atoms with Crippen molar-refractivity contribution in [3.8, 4) is 5.75 Å². The van der Waals surface area contributed by atoms with Crippen LogP contribution >= 0.6 is 11.8 Å². The zero-order chi connectivity index (χ0) is 20.8. The third-order valence-corrected chi connectivity index (χ3v) is 5.04. The first-order valence-electron chi connectivity index (χ1n) is 9.22. The van der Waals surface area contributed by atoms with Crippen molar-refractivity contribution in [2.45, 2.75) is 32.1 Å². The van der Waals surface area contributed by atoms with E-state index in [2.05, 4.69) is 10.2 Å². The minimum Gasteiger partial charge on any atom is -0.481 e. The number of halogens is 1. The topological polar surface area (TPSA) is 68.5 Å². The summed E-state index contributed by atoms with van der Waals surface area (Å²) in [4.78, 5) is 14.4. The number of aryl methyl sites for hydroxylation is 1. The SMILES string of the molecule is CCN(C(=O)CSc1nnc([C@@H](C)Oc2ccc(F)cc2)o1)c1ccccc1C. The normalized spacial score (nSPS) is 11.9. The first-order valence-corrected chi connectivity index (χ1v) is 10.2. The monoisotopic (exact) mass is 415 g/mol. The third kappa shape index (κ3) is 5.35. The van der Waals surface area contributed by atoms with Crippen LogP contribution in [0.2, 0.25) is 0 Å². The molecule has 1 heterocycles. The van der Waals surface area contributed by atoms with E-state index in [0.717, 1.165) is 11.3 Å². The van der Waals surface area contributed by atoms with Crippen LogP contribution in [-0.2, 0) is 4.79 Å². The van der Waals surface area contributed by atoms with Gasteiger partial charge < -0.3 is 14.1 Å². The number of aromatic nitrogens is 2. The van der Waals surface area contributed by atoms with Gasteiger partial charge >= 0.3 is 0 Å². The average Bonchev–Trinajstić information content (AvgIpc) is 3.19. The Bertz CT molecular complexity index is 962. The lowest BCUT2D eigenvalue weighted by Crippen LogP contribution is -2.32. The molecule has 0 radical (unpaired) electrons. The number of thioether (sulfide) groups is 1. The highest BCUT2D eigenvalue weighted by molar-refractivity contribution is 7.99. The van der Waals surface area contributed by atoms with Gasteiger partial charge in [0, 0.05) is 12.2 Å². The van der Waals surface area contributed by atoms with Crippen molar-refractivity contribution in [1.29, 1.82) is 0 Å². The molecule has 6 nitrogen and oxygen atoms in total. The Labute approximate surface area is 173 Å². The van der Waals surface area contributed by atoms with Crippen LogP contribution in [-0.4, -0.2) is 28.4 Å². The van der Waals surface area contributed by atoms with E-state index in [4.69, 9.17) is 9.15 Å². The summed E-state index contributed by atoms with van der Waals surface area (Å²) < 4.78 is 24.3. The molecule has 0 bridgehead atoms. The third-order valence-electron chi connectivity index (χ3n) is 4.24. The summed E-state index contributed by atoms with van der Waals surface area (Å²) >= 11 is 1.18. The van der Waals surface area contributed by atoms with Gasteiger partial charge in [-0.1, -0.05) is 30.0 Å². The maximum atomic E-state index is 13.0. The van der Waals surface area contributed by atoms with Crippen molar-refractivity contribution in [3.05, 3.63) is 65.8 Å². The van der Waals surface area contributed by atoms with Gasteiger partial charge in [0.15, 0.2) is 6.10 Å². The molecular weight excluding hydrogens is 393 g/mol. The molecule has 1 atom stereocenters. The van der Waals surface area contributed by atoms with Crippen molar-refractivity contribution in [1.82, 2.24) is 10.2 Å². The molecule has 8 heteroatoms. The summed E-state index contributed by atoms with van der Waals surface area (Å²) in [5.41, 5.74) is 1.94. The molecule has 0 N–H and O–H groups in total. The Morgan fingerprint density at radius 1 is 1.21 bits per heavy atom. The van der Waals surface area contributed by atoms with Crippen LogP contribution in [0.1, 0.15) is 31.4 Å². The van der Waals surface area contributed by atoms with Gasteiger partial charge in [-0.15, -0.1) is 10.2 Å². The van der Waals surface area contributed by atoms with Gasteiger partial charge in [-0.3, -0.25) is 4.79 Å². The molecule has 0 unspecified atom stereocenters. The number of anilines is 1. The van der Waals surface area contributed by atoms with E-state index in [1.807, 2.05) is 38.1 Å². The summed E-state index contributed by atoms with van der Waals surface area (Å²) in [6.45, 7) is 6.24. The predicted octanol–water partition coefficient (Wildman–Crippen LogP) is 4.80. The summed E-state index contributed by atoms with van der Waals surface area (Å²) in [7, 11) is 0. The van der Waals surface area contributed by atoms with E-state index >= 15 is 0 Å². The molecule has 0 fully saturated rings. The molecule has 0 saturated heterocycles. The van der Waals surface area contributed by atoms with Gasteiger partial charge in [0.25, 0.3) is 11.1 Å². The standard InChI is InChI=1S/C21H22FN3O3S/c1-4-25(18-8-6-5-7-14(18)2)19(26)13-29-21-24-23-20(28-21)15(3)27-17-11-9-16(22)10-12-17/h5-12,15H,4,13H2,1-3H3/t15-/m1/s1. The first-order chi connectivity index (χ1) is 14.0. The number of carbonyl (C=O) groups excluding carboxylic acids is 1. The van der Waals surface area contributed by atoms with Crippen molar-refractivity contribution < 1.29 is 18.3 Å². The zero-order valence-electron chi connectivity index (χ0n) is 16.5. The highest BCUT2D eigenvalue weighted by Gasteiger charge is 2.19. The van der Waals surface area contributed by atoms with Crippen molar-refractivity contribution in [2.75, 3.05) is 17.2 Å². The molecule has 1 aromatic heterocycles. The Kier molecular flexibility index (Phi) is 6.87. The summed E-state index contributed by atoms with van der Waals surface area (Å²) in [6, 6.07) is 13.5. The molecule has 0 spiro atoms. The Morgan fingerprint density at radius 3 is 2.62 bits per heavy atom. The van der Waals surface area contributed by atoms with E-state index < -0.39 is 6.10 Å². The van der Waals surface area contributed by atoms with Crippen LogP contribution in [0, 0.1) is 12.7 Å². The largest absolute Gasteiger partial charge is 0.481 e. The van der Waals surface area contributed by atoms with E-state index in [1.165, 1.54) is 36.0 Å². The number of benzene rings is 2. The summed E-state index contributed by atoms with van der Waals surface area (Å²) in [5.74, 6) is 0.589. The van der Waals surface area contributed by atoms with Gasteiger partial charge in [0.2, 0.25) is 5.91 Å². The Balaban J connectivity index is 1.58. The number of amides is 1. The fraction of sp³-hybridized carbons (Fsp3) is 0.286. The second kappa shape index (κ2) is 9.56. The van der Waals surface area contributed by atoms with E-state index in [-0.39, 0.29) is 23.4 Å². The molecule has 152 valence electrons. The first kappa shape index (κ1) is 20.9. The number of nitrogens with zero attached hydrogens (tertiary/aromatic N) is 3. The fourth-order valence-corrected chi connectivity index (χ4v) is 3.41. The van der Waals surface area contributed by atoms with Gasteiger partial charge in [-0.2, -0.15) is 0 Å². The van der Waals surface area contributed by atoms with E-state index in [1.54, 1.807) is 11.8 Å². The number of para-hydroxylation sites is 1. The number of ether oxygens (including phenoxy) is 1. The summed E-state index contributed by atoms with van der Waals surface area (Å²) in [6.07, 6.45) is -0.503. The molecule has 0 saturated carbocycles. The summed E-state index contributed by atoms with van der Waals surface area (Å²) in [5, 5.41) is 8.25. The maximum Gasteiger partial charge on any atom is 0.277 e. The molecular formula is C21H22FN3O3S. The average molecular weight is 415 g/mol. The van der Waals surface area contributed by atoms with Crippen LogP contribution < -0.4 is 9.64 Å². The van der Waals surface area contributed by atoms with E-state index in [9.17, 15) is 9.18 Å². The number of rotatable bonds is 8. The molecule has 2 aromatic carbocycles. The second-order valence-corrected chi connectivity index (χ2v) is 7.26. The molecule has 0 aliphatic rings. The lowest BCUT2D eigenvalue weighted by molar-refractivity contribution is -0.116. The molecule has 0 aliphatic carbocycles. The number of hydrogen-bond acceptors (Lipinski definition) is 6. The van der Waals surface area contributed by atoms with Crippen LogP contribution in [0.5, 0.6) is 5.75 Å². The van der Waals surface area contributed by atoms with Gasteiger partial charge in [0.1, 0.15) is 11.6 Å². The highest BCUT2D eigenvalue weighted by atomic mass is 32.2. The zero-order valence-corrected chi connectivity index (χ0v) is 17.3. The smallest absolute Gasteiger partial charge is 0.277 e. The number of hydrogen-bond donors (Lipinski definition) is 0. The molecule has 0 aliphatic heterocycles. The lowest BCUT2D eigenvalue weighted by Gasteiger charge is -2.22. The highest BCUT2D eigenvalue weighted by Crippen LogP contribution is 2.25. The molecule has 1 amide bonds. The van der Waals surface area contributed by atoms with Gasteiger partial charge in [0.05, 0.1) is 5.75 Å². The molecule has 3 rings (SSSR count). The second-order valence-electron chi connectivity index (χ2n) is 6.33. The van der Waals surface area contributed by atoms with Crippen LogP contribution in [0.3, 0.4) is 0 Å². The van der Waals surface area contributed by atoms with Crippen LogP contribution in [0.15, 0.2) is 58.2 Å². The molecule has 3 aromatic rings. The van der Waals surface area contributed by atoms with Crippen molar-refractivity contribution in [2.24, 2.45) is 0 Å². The van der Waals surface area contributed by atoms with Crippen molar-refractivity contribution >= 4 is 23.4 Å². The quantitative estimate of drug-likeness (QED) is 0.492.